The highest BCUT2D eigenvalue weighted by Crippen LogP contribution is 2.39. The Kier molecular flexibility index (Phi) is 4.12. The molecule has 1 aromatic heterocycles. The van der Waals surface area contributed by atoms with E-state index in [-0.39, 0.29) is 18.8 Å². The lowest BCUT2D eigenvalue weighted by molar-refractivity contribution is -0.183. The van der Waals surface area contributed by atoms with Gasteiger partial charge in [0.25, 0.3) is 0 Å². The van der Waals surface area contributed by atoms with Crippen molar-refractivity contribution >= 4 is 11.8 Å². The van der Waals surface area contributed by atoms with Crippen LogP contribution >= 0.6 is 0 Å². The fourth-order valence-corrected chi connectivity index (χ4v) is 2.45. The Bertz CT molecular complexity index is 446. The lowest BCUT2D eigenvalue weighted by Gasteiger charge is -2.28. The first kappa shape index (κ1) is 13.9. The minimum Gasteiger partial charge on any atom is -0.397 e. The van der Waals surface area contributed by atoms with Gasteiger partial charge in [0.05, 0.1) is 11.6 Å². The molecule has 1 aromatic rings. The van der Waals surface area contributed by atoms with E-state index in [2.05, 4.69) is 4.98 Å². The molecule has 0 amide bonds. The molecule has 1 aliphatic carbocycles. The average molecular weight is 270 g/mol. The number of nitrogens with two attached hydrogens (primary N) is 1. The van der Waals surface area contributed by atoms with Crippen LogP contribution in [-0.4, -0.2) is 11.2 Å². The Labute approximate surface area is 110 Å². The van der Waals surface area contributed by atoms with Gasteiger partial charge >= 0.3 is 6.18 Å². The summed E-state index contributed by atoms with van der Waals surface area (Å²) in [6.45, 7) is 0. The highest BCUT2D eigenvalue weighted by atomic mass is 19.4. The zero-order valence-corrected chi connectivity index (χ0v) is 10.5. The molecule has 104 valence electrons. The summed E-state index contributed by atoms with van der Waals surface area (Å²) < 4.78 is 37.6. The summed E-state index contributed by atoms with van der Waals surface area (Å²) in [6, 6.07) is 1.80. The van der Waals surface area contributed by atoms with Crippen molar-refractivity contribution < 1.29 is 13.2 Å². The van der Waals surface area contributed by atoms with Crippen LogP contribution in [0.3, 0.4) is 0 Å². The number of hydrogen-bond acceptors (Lipinski definition) is 2. The van der Waals surface area contributed by atoms with Crippen molar-refractivity contribution in [3.63, 3.8) is 0 Å². The lowest BCUT2D eigenvalue weighted by atomic mass is 9.81. The van der Waals surface area contributed by atoms with Crippen molar-refractivity contribution in [1.29, 1.82) is 0 Å². The van der Waals surface area contributed by atoms with Crippen LogP contribution in [0.25, 0.3) is 6.08 Å². The Morgan fingerprint density at radius 1 is 1.16 bits per heavy atom. The van der Waals surface area contributed by atoms with E-state index in [0.29, 0.717) is 18.5 Å². The summed E-state index contributed by atoms with van der Waals surface area (Å²) in [5, 5.41) is 0. The standard InChI is InChI=1S/C14H17F3N2/c15-14(16,17)12-5-3-10(4-6-12)1-2-11-7-13(18)9-19-8-11/h1-2,7-10,12H,3-6,18H2/b2-1+/t10-,12-. The van der Waals surface area contributed by atoms with Crippen molar-refractivity contribution in [2.45, 2.75) is 31.9 Å². The monoisotopic (exact) mass is 270 g/mol. The summed E-state index contributed by atoms with van der Waals surface area (Å²) >= 11 is 0. The maximum Gasteiger partial charge on any atom is 0.391 e. The zero-order chi connectivity index (χ0) is 13.9. The van der Waals surface area contributed by atoms with Gasteiger partial charge in [-0.2, -0.15) is 13.2 Å². The molecule has 2 N–H and O–H groups in total. The predicted molar refractivity (Wildman–Crippen MR) is 69.2 cm³/mol. The average Bonchev–Trinajstić information content (AvgIpc) is 2.36. The van der Waals surface area contributed by atoms with Gasteiger partial charge in [0.15, 0.2) is 0 Å². The largest absolute Gasteiger partial charge is 0.397 e. The van der Waals surface area contributed by atoms with E-state index in [1.165, 1.54) is 0 Å². The van der Waals surface area contributed by atoms with Crippen LogP contribution in [0.1, 0.15) is 31.2 Å². The van der Waals surface area contributed by atoms with Crippen LogP contribution in [0.4, 0.5) is 18.9 Å². The highest BCUT2D eigenvalue weighted by Gasteiger charge is 2.40. The molecule has 19 heavy (non-hydrogen) atoms. The summed E-state index contributed by atoms with van der Waals surface area (Å²) in [7, 11) is 0. The van der Waals surface area contributed by atoms with Crippen molar-refractivity contribution in [2.24, 2.45) is 11.8 Å². The number of allylic oxidation sites excluding steroid dienone is 1. The third-order valence-electron chi connectivity index (χ3n) is 3.58. The SMILES string of the molecule is Nc1cncc(/C=C/[C@H]2CC[C@H](C(F)(F)F)CC2)c1. The molecule has 1 saturated carbocycles. The maximum absolute atomic E-state index is 12.5. The lowest BCUT2D eigenvalue weighted by Crippen LogP contribution is -2.27. The maximum atomic E-state index is 12.5. The van der Waals surface area contributed by atoms with Crippen LogP contribution in [-0.2, 0) is 0 Å². The number of anilines is 1. The van der Waals surface area contributed by atoms with E-state index in [1.807, 2.05) is 12.2 Å². The van der Waals surface area contributed by atoms with Crippen LogP contribution in [0, 0.1) is 11.8 Å². The molecule has 0 unspecified atom stereocenters. The molecule has 0 spiro atoms. The molecule has 0 atom stereocenters. The van der Waals surface area contributed by atoms with E-state index in [4.69, 9.17) is 5.73 Å². The van der Waals surface area contributed by atoms with Crippen LogP contribution in [0.2, 0.25) is 0 Å². The van der Waals surface area contributed by atoms with Crippen LogP contribution < -0.4 is 5.73 Å². The Morgan fingerprint density at radius 2 is 1.84 bits per heavy atom. The van der Waals surface area contributed by atoms with Crippen molar-refractivity contribution in [1.82, 2.24) is 4.98 Å². The second-order valence-corrected chi connectivity index (χ2v) is 5.06. The summed E-state index contributed by atoms with van der Waals surface area (Å²) in [6.07, 6.45) is 4.73. The summed E-state index contributed by atoms with van der Waals surface area (Å²) in [4.78, 5) is 3.97. The van der Waals surface area contributed by atoms with Gasteiger partial charge in [-0.25, -0.2) is 0 Å². The first-order chi connectivity index (χ1) is 8.95. The smallest absolute Gasteiger partial charge is 0.391 e. The number of nitrogens with zero attached hydrogens (tertiary/aromatic N) is 1. The van der Waals surface area contributed by atoms with Gasteiger partial charge < -0.3 is 5.73 Å². The third kappa shape index (κ3) is 3.98. The molecule has 0 saturated heterocycles. The first-order valence-electron chi connectivity index (χ1n) is 6.40. The van der Waals surface area contributed by atoms with Gasteiger partial charge in [0, 0.05) is 12.4 Å². The van der Waals surface area contributed by atoms with E-state index in [0.717, 1.165) is 5.56 Å². The van der Waals surface area contributed by atoms with Crippen molar-refractivity contribution in [3.8, 4) is 0 Å². The molecule has 0 radical (unpaired) electrons. The second kappa shape index (κ2) is 5.63. The van der Waals surface area contributed by atoms with Gasteiger partial charge in [-0.15, -0.1) is 0 Å². The Morgan fingerprint density at radius 3 is 2.42 bits per heavy atom. The molecule has 0 bridgehead atoms. The first-order valence-corrected chi connectivity index (χ1v) is 6.40. The number of rotatable bonds is 2. The van der Waals surface area contributed by atoms with Gasteiger partial charge in [-0.3, -0.25) is 4.98 Å². The molecule has 2 rings (SSSR count). The number of nitrogen functional groups attached to an aromatic ring is 1. The molecule has 0 aromatic carbocycles. The third-order valence-corrected chi connectivity index (χ3v) is 3.58. The van der Waals surface area contributed by atoms with E-state index in [9.17, 15) is 13.2 Å². The molecule has 1 aliphatic rings. The van der Waals surface area contributed by atoms with Crippen molar-refractivity contribution in [2.75, 3.05) is 5.73 Å². The normalized spacial score (nSPS) is 24.8. The van der Waals surface area contributed by atoms with E-state index >= 15 is 0 Å². The van der Waals surface area contributed by atoms with Gasteiger partial charge in [0.1, 0.15) is 0 Å². The minimum atomic E-state index is -4.04. The van der Waals surface area contributed by atoms with Gasteiger partial charge in [-0.1, -0.05) is 12.2 Å². The Balaban J connectivity index is 1.89. The molecule has 1 heterocycles. The van der Waals surface area contributed by atoms with Gasteiger partial charge in [-0.05, 0) is 43.2 Å². The fraction of sp³-hybridized carbons (Fsp3) is 0.500. The molecular weight excluding hydrogens is 253 g/mol. The van der Waals surface area contributed by atoms with Crippen LogP contribution in [0.15, 0.2) is 24.5 Å². The topological polar surface area (TPSA) is 38.9 Å². The number of halogens is 3. The van der Waals surface area contributed by atoms with E-state index < -0.39 is 12.1 Å². The zero-order valence-electron chi connectivity index (χ0n) is 10.5. The minimum absolute atomic E-state index is 0.222. The molecular formula is C14H17F3N2. The highest BCUT2D eigenvalue weighted by molar-refractivity contribution is 5.53. The fourth-order valence-electron chi connectivity index (χ4n) is 2.45. The van der Waals surface area contributed by atoms with E-state index in [1.54, 1.807) is 18.5 Å². The van der Waals surface area contributed by atoms with Crippen LogP contribution in [0.5, 0.6) is 0 Å². The van der Waals surface area contributed by atoms with Gasteiger partial charge in [0.2, 0.25) is 0 Å². The second-order valence-electron chi connectivity index (χ2n) is 5.06. The molecule has 0 aliphatic heterocycles. The number of hydrogen-bond donors (Lipinski definition) is 1. The summed E-state index contributed by atoms with van der Waals surface area (Å²) in [5.74, 6) is -0.897. The summed E-state index contributed by atoms with van der Waals surface area (Å²) in [5.41, 5.74) is 7.09. The predicted octanol–water partition coefficient (Wildman–Crippen LogP) is 4.05. The van der Waals surface area contributed by atoms with Crippen molar-refractivity contribution in [3.05, 3.63) is 30.1 Å². The molecule has 2 nitrogen and oxygen atoms in total. The Hall–Kier alpha value is -1.52. The number of alkyl halides is 3. The number of aromatic nitrogens is 1. The number of pyridine rings is 1. The quantitative estimate of drug-likeness (QED) is 0.880. The molecule has 1 fully saturated rings. The molecule has 5 heteroatoms.